The third kappa shape index (κ3) is 3.62. The van der Waals surface area contributed by atoms with E-state index in [1.807, 2.05) is 26.8 Å². The highest BCUT2D eigenvalue weighted by molar-refractivity contribution is 8.00. The first-order valence-corrected chi connectivity index (χ1v) is 11.2. The van der Waals surface area contributed by atoms with Gasteiger partial charge in [-0.15, -0.1) is 21.5 Å². The number of hydrogen-bond donors (Lipinski definition) is 1. The minimum Gasteiger partial charge on any atom is -0.301 e. The number of hydrogen-bond acceptors (Lipinski definition) is 6. The van der Waals surface area contributed by atoms with Crippen molar-refractivity contribution in [2.75, 3.05) is 5.32 Å². The smallest absolute Gasteiger partial charge is 0.239 e. The lowest BCUT2D eigenvalue weighted by Gasteiger charge is -2.14. The molecule has 0 aliphatic heterocycles. The Bertz CT molecular complexity index is 1210. The third-order valence-corrected chi connectivity index (χ3v) is 7.36. The van der Waals surface area contributed by atoms with Crippen molar-refractivity contribution in [3.05, 3.63) is 46.0 Å². The second-order valence-corrected chi connectivity index (χ2v) is 9.51. The van der Waals surface area contributed by atoms with Gasteiger partial charge in [0.15, 0.2) is 15.9 Å². The maximum Gasteiger partial charge on any atom is 0.239 e. The Morgan fingerprint density at radius 2 is 2.00 bits per heavy atom. The highest BCUT2D eigenvalue weighted by Gasteiger charge is 2.23. The fraction of sp³-hybridized carbons (Fsp3) is 0.333. The summed E-state index contributed by atoms with van der Waals surface area (Å²) in [7, 11) is 0. The number of thiazole rings is 1. The molecular formula is C21H23N5OS2. The summed E-state index contributed by atoms with van der Waals surface area (Å²) in [4.78, 5) is 18.4. The maximum atomic E-state index is 12.9. The molecule has 4 aromatic rings. The molecule has 3 aromatic heterocycles. The first-order valence-electron chi connectivity index (χ1n) is 9.54. The number of pyridine rings is 1. The van der Waals surface area contributed by atoms with E-state index < -0.39 is 0 Å². The molecule has 0 aliphatic carbocycles. The summed E-state index contributed by atoms with van der Waals surface area (Å²) in [6.45, 7) is 10.1. The summed E-state index contributed by atoms with van der Waals surface area (Å²) in [5.74, 6) is -0.0591. The number of amides is 1. The van der Waals surface area contributed by atoms with Gasteiger partial charge in [-0.3, -0.25) is 9.20 Å². The quantitative estimate of drug-likeness (QED) is 0.451. The highest BCUT2D eigenvalue weighted by atomic mass is 32.2. The fourth-order valence-corrected chi connectivity index (χ4v) is 5.15. The number of aryl methyl sites for hydroxylation is 4. The monoisotopic (exact) mass is 425 g/mol. The van der Waals surface area contributed by atoms with Gasteiger partial charge in [-0.05, 0) is 51.3 Å². The zero-order chi connectivity index (χ0) is 20.7. The Balaban J connectivity index is 1.70. The molecule has 1 amide bonds. The summed E-state index contributed by atoms with van der Waals surface area (Å²) >= 11 is 2.95. The van der Waals surface area contributed by atoms with Crippen LogP contribution in [-0.4, -0.2) is 30.7 Å². The van der Waals surface area contributed by atoms with Gasteiger partial charge in [-0.25, -0.2) is 4.98 Å². The molecule has 0 bridgehead atoms. The zero-order valence-electron chi connectivity index (χ0n) is 17.1. The third-order valence-electron chi connectivity index (χ3n) is 5.06. The van der Waals surface area contributed by atoms with Crippen molar-refractivity contribution >= 4 is 50.7 Å². The molecule has 0 saturated heterocycles. The zero-order valence-corrected chi connectivity index (χ0v) is 18.7. The van der Waals surface area contributed by atoms with Crippen molar-refractivity contribution in [2.45, 2.75) is 51.4 Å². The van der Waals surface area contributed by atoms with E-state index in [9.17, 15) is 4.79 Å². The van der Waals surface area contributed by atoms with Crippen molar-refractivity contribution in [1.82, 2.24) is 19.6 Å². The Hall–Kier alpha value is -2.45. The van der Waals surface area contributed by atoms with E-state index in [2.05, 4.69) is 56.9 Å². The number of aromatic nitrogens is 4. The number of carbonyl (C=O) groups is 1. The normalized spacial score (nSPS) is 12.6. The van der Waals surface area contributed by atoms with Gasteiger partial charge < -0.3 is 5.32 Å². The molecule has 0 aliphatic rings. The van der Waals surface area contributed by atoms with Crippen molar-refractivity contribution in [2.24, 2.45) is 0 Å². The lowest BCUT2D eigenvalue weighted by Crippen LogP contribution is -2.24. The second kappa shape index (κ2) is 7.76. The molecule has 8 heteroatoms. The number of nitrogens with one attached hydrogen (secondary N) is 1. The van der Waals surface area contributed by atoms with Gasteiger partial charge in [0.25, 0.3) is 0 Å². The molecule has 6 nitrogen and oxygen atoms in total. The lowest BCUT2D eigenvalue weighted by atomic mass is 10.1. The molecule has 1 aromatic carbocycles. The summed E-state index contributed by atoms with van der Waals surface area (Å²) in [5.41, 5.74) is 5.17. The number of thioether (sulfide) groups is 1. The summed E-state index contributed by atoms with van der Waals surface area (Å²) < 4.78 is 2.07. The Morgan fingerprint density at radius 1 is 1.21 bits per heavy atom. The van der Waals surface area contributed by atoms with Crippen molar-refractivity contribution in [3.63, 3.8) is 0 Å². The van der Waals surface area contributed by atoms with Crippen LogP contribution in [0, 0.1) is 27.7 Å². The second-order valence-electron chi connectivity index (χ2n) is 7.14. The number of benzene rings is 1. The Labute approximate surface area is 177 Å². The van der Waals surface area contributed by atoms with Gasteiger partial charge >= 0.3 is 0 Å². The fourth-order valence-electron chi connectivity index (χ4n) is 3.37. The number of anilines is 1. The first kappa shape index (κ1) is 19.8. The number of fused-ring (bicyclic) bond motifs is 3. The van der Waals surface area contributed by atoms with Gasteiger partial charge in [0, 0.05) is 10.3 Å². The Kier molecular flexibility index (Phi) is 5.31. The average molecular weight is 426 g/mol. The lowest BCUT2D eigenvalue weighted by molar-refractivity contribution is -0.115. The van der Waals surface area contributed by atoms with Crippen LogP contribution in [0.25, 0.3) is 16.6 Å². The van der Waals surface area contributed by atoms with Crippen LogP contribution in [0.3, 0.4) is 0 Å². The van der Waals surface area contributed by atoms with Gasteiger partial charge in [-0.1, -0.05) is 36.9 Å². The number of carbonyl (C=O) groups excluding carboxylic acids is 1. The topological polar surface area (TPSA) is 72.2 Å². The predicted molar refractivity (Wildman–Crippen MR) is 120 cm³/mol. The van der Waals surface area contributed by atoms with Gasteiger partial charge in [-0.2, -0.15) is 0 Å². The summed E-state index contributed by atoms with van der Waals surface area (Å²) in [5, 5.41) is 14.0. The molecule has 0 fully saturated rings. The molecule has 29 heavy (non-hydrogen) atoms. The summed E-state index contributed by atoms with van der Waals surface area (Å²) in [6, 6.07) is 8.31. The molecule has 150 valence electrons. The van der Waals surface area contributed by atoms with E-state index in [1.165, 1.54) is 34.0 Å². The first-order chi connectivity index (χ1) is 13.9. The van der Waals surface area contributed by atoms with Crippen LogP contribution in [0.5, 0.6) is 0 Å². The van der Waals surface area contributed by atoms with E-state index >= 15 is 0 Å². The van der Waals surface area contributed by atoms with Crippen LogP contribution in [-0.2, 0) is 4.79 Å². The average Bonchev–Trinajstić information content (AvgIpc) is 3.22. The molecule has 1 N–H and O–H groups in total. The molecule has 0 radical (unpaired) electrons. The van der Waals surface area contributed by atoms with Crippen LogP contribution in [0.4, 0.5) is 5.13 Å². The van der Waals surface area contributed by atoms with E-state index in [0.29, 0.717) is 11.6 Å². The predicted octanol–water partition coefficient (Wildman–Crippen LogP) is 5.08. The Morgan fingerprint density at radius 3 is 2.69 bits per heavy atom. The number of para-hydroxylation sites is 1. The number of rotatable bonds is 5. The minimum absolute atomic E-state index is 0.0591. The van der Waals surface area contributed by atoms with E-state index in [4.69, 9.17) is 0 Å². The summed E-state index contributed by atoms with van der Waals surface area (Å²) in [6.07, 6.45) is 0.678. The van der Waals surface area contributed by atoms with E-state index in [1.54, 1.807) is 0 Å². The van der Waals surface area contributed by atoms with E-state index in [-0.39, 0.29) is 11.2 Å². The van der Waals surface area contributed by atoms with Crippen LogP contribution < -0.4 is 5.32 Å². The van der Waals surface area contributed by atoms with Crippen molar-refractivity contribution < 1.29 is 4.79 Å². The van der Waals surface area contributed by atoms with E-state index in [0.717, 1.165) is 32.5 Å². The number of nitrogens with zero attached hydrogens (tertiary/aromatic N) is 4. The SMILES string of the molecule is CCC(Sc1nnc2cc(C)c3cccc(C)c3n12)C(=O)Nc1nc(C)c(C)s1. The van der Waals surface area contributed by atoms with Crippen molar-refractivity contribution in [1.29, 1.82) is 0 Å². The van der Waals surface area contributed by atoms with Crippen LogP contribution >= 0.6 is 23.1 Å². The standard InChI is InChI=1S/C21H23N5OS2/c1-6-16(19(27)23-20-22-13(4)14(5)28-20)29-21-25-24-17-10-12(3)15-9-7-8-11(2)18(15)26(17)21/h7-10,16H,6H2,1-5H3,(H,22,23,27). The molecular weight excluding hydrogens is 402 g/mol. The van der Waals surface area contributed by atoms with Gasteiger partial charge in [0.05, 0.1) is 16.5 Å². The molecule has 1 unspecified atom stereocenters. The van der Waals surface area contributed by atoms with Crippen LogP contribution in [0.2, 0.25) is 0 Å². The maximum absolute atomic E-state index is 12.9. The van der Waals surface area contributed by atoms with Crippen molar-refractivity contribution in [3.8, 4) is 0 Å². The molecule has 0 saturated carbocycles. The van der Waals surface area contributed by atoms with Crippen LogP contribution in [0.15, 0.2) is 29.4 Å². The molecule has 1 atom stereocenters. The highest BCUT2D eigenvalue weighted by Crippen LogP contribution is 2.31. The van der Waals surface area contributed by atoms with Gasteiger partial charge in [0.1, 0.15) is 0 Å². The minimum atomic E-state index is -0.285. The molecule has 4 rings (SSSR count). The largest absolute Gasteiger partial charge is 0.301 e. The van der Waals surface area contributed by atoms with Crippen LogP contribution in [0.1, 0.15) is 35.0 Å². The molecule has 0 spiro atoms. The molecule has 3 heterocycles. The van der Waals surface area contributed by atoms with Gasteiger partial charge in [0.2, 0.25) is 5.91 Å².